The fourth-order valence-electron chi connectivity index (χ4n) is 5.21. The van der Waals surface area contributed by atoms with Gasteiger partial charge in [-0.3, -0.25) is 24.5 Å². The van der Waals surface area contributed by atoms with Gasteiger partial charge in [0, 0.05) is 42.3 Å². The molecule has 174 valence electrons. The van der Waals surface area contributed by atoms with E-state index in [-0.39, 0.29) is 17.7 Å². The molecule has 0 aliphatic carbocycles. The summed E-state index contributed by atoms with van der Waals surface area (Å²) in [6.45, 7) is 7.36. The number of carbonyl (C=O) groups is 2. The number of benzene rings is 1. The third kappa shape index (κ3) is 3.76. The minimum atomic E-state index is -0.533. The number of hydrogen-bond donors (Lipinski definition) is 0. The third-order valence-electron chi connectivity index (χ3n) is 7.16. The first kappa shape index (κ1) is 22.5. The van der Waals surface area contributed by atoms with Crippen LogP contribution in [0, 0.1) is 6.92 Å². The number of likely N-dealkylation sites (tertiary alicyclic amines) is 1. The van der Waals surface area contributed by atoms with Crippen molar-refractivity contribution in [2.45, 2.75) is 45.1 Å². The smallest absolute Gasteiger partial charge is 0.259 e. The van der Waals surface area contributed by atoms with Crippen LogP contribution in [0.25, 0.3) is 0 Å². The van der Waals surface area contributed by atoms with Crippen molar-refractivity contribution in [3.8, 4) is 0 Å². The third-order valence-corrected chi connectivity index (χ3v) is 7.39. The van der Waals surface area contributed by atoms with Crippen molar-refractivity contribution < 1.29 is 9.59 Å². The van der Waals surface area contributed by atoms with Crippen molar-refractivity contribution in [2.24, 2.45) is 0 Å². The van der Waals surface area contributed by atoms with E-state index in [1.165, 1.54) is 0 Å². The summed E-state index contributed by atoms with van der Waals surface area (Å²) in [5.41, 5.74) is 4.56. The summed E-state index contributed by atoms with van der Waals surface area (Å²) in [6.07, 6.45) is 8.69. The van der Waals surface area contributed by atoms with Crippen LogP contribution < -0.4 is 4.90 Å². The first-order valence-electron chi connectivity index (χ1n) is 11.6. The molecule has 1 saturated heterocycles. The Morgan fingerprint density at radius 2 is 1.82 bits per heavy atom. The Kier molecular flexibility index (Phi) is 5.64. The normalized spacial score (nSPS) is 17.7. The number of halogens is 1. The van der Waals surface area contributed by atoms with E-state index in [9.17, 15) is 9.59 Å². The summed E-state index contributed by atoms with van der Waals surface area (Å²) in [5.74, 6) is 0.281. The molecule has 0 saturated carbocycles. The molecule has 0 N–H and O–H groups in total. The maximum atomic E-state index is 13.3. The van der Waals surface area contributed by atoms with E-state index in [2.05, 4.69) is 16.0 Å². The zero-order valence-electron chi connectivity index (χ0n) is 19.6. The largest absolute Gasteiger partial charge is 0.339 e. The molecule has 2 amide bonds. The minimum Gasteiger partial charge on any atom is -0.339 e. The Morgan fingerprint density at radius 3 is 2.56 bits per heavy atom. The number of nitrogens with zero attached hydrogens (tertiary/aromatic N) is 4. The lowest BCUT2D eigenvalue weighted by atomic mass is 9.89. The van der Waals surface area contributed by atoms with Crippen LogP contribution in [0.4, 0.5) is 5.69 Å². The highest BCUT2D eigenvalue weighted by atomic mass is 35.5. The molecule has 2 aromatic heterocycles. The molecule has 5 rings (SSSR count). The van der Waals surface area contributed by atoms with Gasteiger partial charge in [0.1, 0.15) is 0 Å². The fraction of sp³-hybridized carbons (Fsp3) is 0.333. The van der Waals surface area contributed by atoms with E-state index in [0.717, 1.165) is 35.2 Å². The molecule has 0 bridgehead atoms. The average Bonchev–Trinajstić information content (AvgIpc) is 3.03. The molecule has 4 heterocycles. The minimum absolute atomic E-state index is 0.0387. The first-order valence-corrected chi connectivity index (χ1v) is 11.9. The summed E-state index contributed by atoms with van der Waals surface area (Å²) in [5, 5.41) is 0.621. The van der Waals surface area contributed by atoms with Gasteiger partial charge in [0.05, 0.1) is 23.0 Å². The lowest BCUT2D eigenvalue weighted by molar-refractivity contribution is 0.0711. The first-order chi connectivity index (χ1) is 16.3. The van der Waals surface area contributed by atoms with Crippen LogP contribution in [0.5, 0.6) is 0 Å². The van der Waals surface area contributed by atoms with E-state index in [0.29, 0.717) is 29.2 Å². The monoisotopic (exact) mass is 474 g/mol. The molecule has 6 nitrogen and oxygen atoms in total. The second kappa shape index (κ2) is 8.51. The van der Waals surface area contributed by atoms with Gasteiger partial charge in [0.25, 0.3) is 11.8 Å². The lowest BCUT2D eigenvalue weighted by Gasteiger charge is -2.34. The average molecular weight is 475 g/mol. The van der Waals surface area contributed by atoms with Gasteiger partial charge in [-0.05, 0) is 86.6 Å². The Labute approximate surface area is 204 Å². The SMILES string of the molecule is Cc1ccncc1C(=O)N1CCC(c2cncc(N3C(=O)c4ccc(Cl)cc4C3(C)C)c2)CC1. The summed E-state index contributed by atoms with van der Waals surface area (Å²) in [6, 6.07) is 9.38. The lowest BCUT2D eigenvalue weighted by Crippen LogP contribution is -2.39. The van der Waals surface area contributed by atoms with E-state index >= 15 is 0 Å². The highest BCUT2D eigenvalue weighted by molar-refractivity contribution is 6.31. The number of aromatic nitrogens is 2. The molecule has 3 aromatic rings. The standard InChI is InChI=1S/C27H27ClN4O2/c1-17-6-9-29-16-23(17)25(33)31-10-7-18(8-11-31)19-12-21(15-30-14-19)32-26(34)22-5-4-20(28)13-24(22)27(32,2)3/h4-6,9,12-16,18H,7-8,10-11H2,1-3H3. The summed E-state index contributed by atoms with van der Waals surface area (Å²) >= 11 is 6.23. The van der Waals surface area contributed by atoms with Crippen molar-refractivity contribution in [2.75, 3.05) is 18.0 Å². The van der Waals surface area contributed by atoms with Crippen molar-refractivity contribution in [3.05, 3.63) is 88.0 Å². The van der Waals surface area contributed by atoms with Gasteiger partial charge in [0.15, 0.2) is 0 Å². The molecule has 2 aliphatic rings. The zero-order chi connectivity index (χ0) is 24.0. The van der Waals surface area contributed by atoms with Crippen LogP contribution in [0.2, 0.25) is 5.02 Å². The summed E-state index contributed by atoms with van der Waals surface area (Å²) in [7, 11) is 0. The molecule has 0 atom stereocenters. The van der Waals surface area contributed by atoms with Gasteiger partial charge in [-0.25, -0.2) is 0 Å². The Morgan fingerprint density at radius 1 is 1.06 bits per heavy atom. The van der Waals surface area contributed by atoms with Gasteiger partial charge >= 0.3 is 0 Å². The van der Waals surface area contributed by atoms with E-state index in [1.807, 2.05) is 48.9 Å². The molecule has 1 fully saturated rings. The van der Waals surface area contributed by atoms with Gasteiger partial charge in [0.2, 0.25) is 0 Å². The van der Waals surface area contributed by atoms with Gasteiger partial charge < -0.3 is 4.90 Å². The quantitative estimate of drug-likeness (QED) is 0.513. The number of carbonyl (C=O) groups excluding carboxylic acids is 2. The van der Waals surface area contributed by atoms with Crippen LogP contribution in [-0.2, 0) is 5.54 Å². The number of rotatable bonds is 3. The second-order valence-electron chi connectivity index (χ2n) is 9.62. The number of pyridine rings is 2. The van der Waals surface area contributed by atoms with Crippen molar-refractivity contribution in [1.29, 1.82) is 0 Å². The van der Waals surface area contributed by atoms with Crippen molar-refractivity contribution in [1.82, 2.24) is 14.9 Å². The highest BCUT2D eigenvalue weighted by Crippen LogP contribution is 2.43. The topological polar surface area (TPSA) is 66.4 Å². The van der Waals surface area contributed by atoms with E-state index in [4.69, 9.17) is 11.6 Å². The molecule has 0 spiro atoms. The van der Waals surface area contributed by atoms with Crippen LogP contribution in [0.1, 0.15) is 70.0 Å². The second-order valence-corrected chi connectivity index (χ2v) is 10.1. The number of anilines is 1. The maximum absolute atomic E-state index is 13.3. The molecule has 0 unspecified atom stereocenters. The Hall–Kier alpha value is -3.25. The number of hydrogen-bond acceptors (Lipinski definition) is 4. The van der Waals surface area contributed by atoms with Crippen molar-refractivity contribution in [3.63, 3.8) is 0 Å². The number of fused-ring (bicyclic) bond motifs is 1. The van der Waals surface area contributed by atoms with E-state index in [1.54, 1.807) is 30.7 Å². The molecule has 34 heavy (non-hydrogen) atoms. The van der Waals surface area contributed by atoms with Gasteiger partial charge in [-0.2, -0.15) is 0 Å². The molecular weight excluding hydrogens is 448 g/mol. The molecular formula is C27H27ClN4O2. The fourth-order valence-corrected chi connectivity index (χ4v) is 5.38. The molecule has 7 heteroatoms. The highest BCUT2D eigenvalue weighted by Gasteiger charge is 2.44. The zero-order valence-corrected chi connectivity index (χ0v) is 20.3. The van der Waals surface area contributed by atoms with Crippen LogP contribution >= 0.6 is 11.6 Å². The van der Waals surface area contributed by atoms with Gasteiger partial charge in [-0.1, -0.05) is 11.6 Å². The van der Waals surface area contributed by atoms with E-state index < -0.39 is 5.54 Å². The molecule has 2 aliphatic heterocycles. The predicted molar refractivity (Wildman–Crippen MR) is 132 cm³/mol. The summed E-state index contributed by atoms with van der Waals surface area (Å²) < 4.78 is 0. The van der Waals surface area contributed by atoms with Crippen LogP contribution in [-0.4, -0.2) is 39.8 Å². The summed E-state index contributed by atoms with van der Waals surface area (Å²) in [4.78, 5) is 38.6. The number of amides is 2. The molecule has 1 aromatic carbocycles. The molecule has 0 radical (unpaired) electrons. The van der Waals surface area contributed by atoms with Crippen LogP contribution in [0.3, 0.4) is 0 Å². The Balaban J connectivity index is 1.34. The maximum Gasteiger partial charge on any atom is 0.259 e. The predicted octanol–water partition coefficient (Wildman–Crippen LogP) is 5.35. The Bertz CT molecular complexity index is 1280. The number of aryl methyl sites for hydroxylation is 1. The van der Waals surface area contributed by atoms with Gasteiger partial charge in [-0.15, -0.1) is 0 Å². The van der Waals surface area contributed by atoms with Crippen LogP contribution in [0.15, 0.2) is 55.1 Å². The number of piperidine rings is 1. The van der Waals surface area contributed by atoms with Crippen molar-refractivity contribution >= 4 is 29.1 Å².